The summed E-state index contributed by atoms with van der Waals surface area (Å²) in [7, 11) is -4.14. The average molecular weight is 485 g/mol. The molecule has 176 valence electrons. The Morgan fingerprint density at radius 1 is 1.21 bits per heavy atom. The quantitative estimate of drug-likeness (QED) is 0.520. The maximum atomic E-state index is 13.8. The van der Waals surface area contributed by atoms with Crippen molar-refractivity contribution in [2.45, 2.75) is 42.4 Å². The first kappa shape index (κ1) is 24.5. The molecule has 0 aliphatic heterocycles. The summed E-state index contributed by atoms with van der Waals surface area (Å²) < 4.78 is 80.1. The number of nitriles is 1. The second-order valence-electron chi connectivity index (χ2n) is 7.68. The van der Waals surface area contributed by atoms with Crippen molar-refractivity contribution in [2.75, 3.05) is 5.75 Å². The zero-order valence-corrected chi connectivity index (χ0v) is 17.8. The van der Waals surface area contributed by atoms with Crippen molar-refractivity contribution in [1.82, 2.24) is 20.6 Å². The zero-order valence-electron chi connectivity index (χ0n) is 17.0. The Kier molecular flexibility index (Phi) is 6.99. The summed E-state index contributed by atoms with van der Waals surface area (Å²) in [5.74, 6) is -3.47. The van der Waals surface area contributed by atoms with E-state index in [0.29, 0.717) is 12.8 Å². The van der Waals surface area contributed by atoms with Gasteiger partial charge in [-0.3, -0.25) is 20.1 Å². The van der Waals surface area contributed by atoms with Crippen molar-refractivity contribution in [1.29, 1.82) is 5.26 Å². The molecule has 1 heterocycles. The van der Waals surface area contributed by atoms with Crippen LogP contribution >= 0.6 is 0 Å². The van der Waals surface area contributed by atoms with Crippen LogP contribution in [0.15, 0.2) is 42.9 Å². The average Bonchev–Trinajstić information content (AvgIpc) is 3.51. The van der Waals surface area contributed by atoms with E-state index in [-0.39, 0.29) is 5.69 Å². The molecule has 0 radical (unpaired) electrons. The molecule has 0 unspecified atom stereocenters. The Morgan fingerprint density at radius 3 is 2.39 bits per heavy atom. The van der Waals surface area contributed by atoms with Crippen LogP contribution < -0.4 is 10.6 Å². The van der Waals surface area contributed by atoms with E-state index < -0.39 is 62.4 Å². The number of aromatic nitrogens is 2. The van der Waals surface area contributed by atoms with Gasteiger partial charge in [-0.2, -0.15) is 18.4 Å². The number of nitrogens with one attached hydrogen (secondary N) is 2. The molecule has 2 aromatic rings. The van der Waals surface area contributed by atoms with Crippen LogP contribution in [0, 0.1) is 17.1 Å². The minimum atomic E-state index is -4.93. The molecule has 1 fully saturated rings. The molecule has 3 rings (SSSR count). The number of hydrogen-bond acceptors (Lipinski definition) is 7. The summed E-state index contributed by atoms with van der Waals surface area (Å²) >= 11 is 0. The van der Waals surface area contributed by atoms with Crippen molar-refractivity contribution in [2.24, 2.45) is 0 Å². The van der Waals surface area contributed by atoms with Gasteiger partial charge in [-0.1, -0.05) is 12.1 Å². The zero-order chi connectivity index (χ0) is 24.3. The first-order chi connectivity index (χ1) is 15.4. The lowest BCUT2D eigenvalue weighted by atomic mass is 10.0. The third-order valence-electron chi connectivity index (χ3n) is 4.95. The van der Waals surface area contributed by atoms with E-state index in [0.717, 1.165) is 24.3 Å². The SMILES string of the molecule is N#CC1(NC(=O)[C@H](CS(=O)(=O)Cc2cnccn2)N[C@@H](c2ccc(F)cc2)C(F)(F)F)CC1. The lowest BCUT2D eigenvalue weighted by molar-refractivity contribution is -0.160. The van der Waals surface area contributed by atoms with E-state index in [9.17, 15) is 36.0 Å². The van der Waals surface area contributed by atoms with E-state index in [1.807, 2.05) is 6.07 Å². The topological polar surface area (TPSA) is 125 Å². The normalized spacial score (nSPS) is 16.9. The predicted molar refractivity (Wildman–Crippen MR) is 107 cm³/mol. The van der Waals surface area contributed by atoms with E-state index in [1.54, 1.807) is 0 Å². The van der Waals surface area contributed by atoms with Gasteiger partial charge in [0.2, 0.25) is 5.91 Å². The summed E-state index contributed by atoms with van der Waals surface area (Å²) in [4.78, 5) is 20.4. The van der Waals surface area contributed by atoms with Crippen LogP contribution in [0.2, 0.25) is 0 Å². The van der Waals surface area contributed by atoms with Crippen molar-refractivity contribution >= 4 is 15.7 Å². The van der Waals surface area contributed by atoms with Gasteiger partial charge in [-0.05, 0) is 30.5 Å². The lowest BCUT2D eigenvalue weighted by Gasteiger charge is -2.28. The number of hydrogen-bond donors (Lipinski definition) is 2. The van der Waals surface area contributed by atoms with E-state index in [4.69, 9.17) is 0 Å². The monoisotopic (exact) mass is 485 g/mol. The molecule has 8 nitrogen and oxygen atoms in total. The van der Waals surface area contributed by atoms with Gasteiger partial charge in [0.05, 0.1) is 23.3 Å². The van der Waals surface area contributed by atoms with E-state index in [2.05, 4.69) is 20.6 Å². The molecule has 0 bridgehead atoms. The van der Waals surface area contributed by atoms with Gasteiger partial charge in [0, 0.05) is 18.6 Å². The van der Waals surface area contributed by atoms with Crippen LogP contribution in [0.25, 0.3) is 0 Å². The molecule has 1 saturated carbocycles. The molecule has 1 aliphatic rings. The van der Waals surface area contributed by atoms with Crippen molar-refractivity contribution in [3.05, 3.63) is 59.9 Å². The van der Waals surface area contributed by atoms with Crippen LogP contribution in [0.1, 0.15) is 30.1 Å². The molecule has 1 aromatic heterocycles. The molecule has 2 N–H and O–H groups in total. The molecule has 1 aliphatic carbocycles. The third-order valence-corrected chi connectivity index (χ3v) is 6.52. The van der Waals surface area contributed by atoms with Crippen LogP contribution in [0.3, 0.4) is 0 Å². The summed E-state index contributed by atoms with van der Waals surface area (Å²) in [5, 5.41) is 13.6. The molecular formula is C20H19F4N5O3S. The molecule has 0 saturated heterocycles. The maximum Gasteiger partial charge on any atom is 0.407 e. The number of carbonyl (C=O) groups is 1. The predicted octanol–water partition coefficient (Wildman–Crippen LogP) is 1.96. The summed E-state index contributed by atoms with van der Waals surface area (Å²) in [5.41, 5.74) is -1.58. The van der Waals surface area contributed by atoms with Gasteiger partial charge in [0.15, 0.2) is 9.84 Å². The molecule has 1 amide bonds. The molecule has 13 heteroatoms. The first-order valence-corrected chi connectivity index (χ1v) is 11.5. The molecule has 0 spiro atoms. The standard InChI is InChI=1S/C20H19F4N5O3S/c21-14-3-1-13(2-4-14)17(20(22,23)24)28-16(18(30)29-19(12-25)5-6-19)11-33(31,32)10-15-9-26-7-8-27-15/h1-4,7-9,16-17,28H,5-6,10-11H2,(H,29,30)/t16-,17-/m0/s1. The van der Waals surface area contributed by atoms with Crippen molar-refractivity contribution < 1.29 is 30.8 Å². The second kappa shape index (κ2) is 9.40. The summed E-state index contributed by atoms with van der Waals surface area (Å²) in [6, 6.07) is 0.986. The van der Waals surface area contributed by atoms with Gasteiger partial charge in [0.1, 0.15) is 23.4 Å². The fraction of sp³-hybridized carbons (Fsp3) is 0.400. The number of alkyl halides is 3. The number of carbonyl (C=O) groups excluding carboxylic acids is 1. The molecular weight excluding hydrogens is 466 g/mol. The minimum absolute atomic E-state index is 0.0539. The highest BCUT2D eigenvalue weighted by atomic mass is 32.2. The molecule has 33 heavy (non-hydrogen) atoms. The van der Waals surface area contributed by atoms with E-state index in [1.165, 1.54) is 18.6 Å². The largest absolute Gasteiger partial charge is 0.407 e. The minimum Gasteiger partial charge on any atom is -0.336 e. The van der Waals surface area contributed by atoms with Gasteiger partial charge >= 0.3 is 6.18 Å². The maximum absolute atomic E-state index is 13.8. The Morgan fingerprint density at radius 2 is 1.88 bits per heavy atom. The van der Waals surface area contributed by atoms with Gasteiger partial charge in [0.25, 0.3) is 0 Å². The summed E-state index contributed by atoms with van der Waals surface area (Å²) in [6.07, 6.45) is -0.569. The molecule has 1 aromatic carbocycles. The van der Waals surface area contributed by atoms with Crippen LogP contribution in [-0.4, -0.2) is 47.8 Å². The fourth-order valence-corrected chi connectivity index (χ4v) is 4.56. The van der Waals surface area contributed by atoms with Crippen molar-refractivity contribution in [3.8, 4) is 6.07 Å². The Hall–Kier alpha value is -3.11. The fourth-order valence-electron chi connectivity index (χ4n) is 3.09. The van der Waals surface area contributed by atoms with Crippen molar-refractivity contribution in [3.63, 3.8) is 0 Å². The first-order valence-electron chi connectivity index (χ1n) is 9.70. The second-order valence-corrected chi connectivity index (χ2v) is 9.79. The number of nitrogens with zero attached hydrogens (tertiary/aromatic N) is 3. The summed E-state index contributed by atoms with van der Waals surface area (Å²) in [6.45, 7) is 0. The third kappa shape index (κ3) is 6.69. The number of benzene rings is 1. The van der Waals surface area contributed by atoms with Crippen LogP contribution in [-0.2, 0) is 20.4 Å². The van der Waals surface area contributed by atoms with Gasteiger partial charge in [-0.25, -0.2) is 12.8 Å². The Bertz CT molecular complexity index is 1130. The molecule has 2 atom stereocenters. The van der Waals surface area contributed by atoms with E-state index >= 15 is 0 Å². The number of sulfone groups is 1. The smallest absolute Gasteiger partial charge is 0.336 e. The number of halogens is 4. The highest BCUT2D eigenvalue weighted by Gasteiger charge is 2.48. The highest BCUT2D eigenvalue weighted by Crippen LogP contribution is 2.35. The highest BCUT2D eigenvalue weighted by molar-refractivity contribution is 7.90. The Balaban J connectivity index is 1.89. The Labute approximate surface area is 187 Å². The number of amides is 1. The van der Waals surface area contributed by atoms with Crippen LogP contribution in [0.4, 0.5) is 17.6 Å². The van der Waals surface area contributed by atoms with Gasteiger partial charge < -0.3 is 5.32 Å². The number of rotatable bonds is 9. The van der Waals surface area contributed by atoms with Gasteiger partial charge in [-0.15, -0.1) is 0 Å². The lowest BCUT2D eigenvalue weighted by Crippen LogP contribution is -2.54. The van der Waals surface area contributed by atoms with Crippen LogP contribution in [0.5, 0.6) is 0 Å².